The summed E-state index contributed by atoms with van der Waals surface area (Å²) in [5.41, 5.74) is 4.53. The van der Waals surface area contributed by atoms with Crippen LogP contribution in [0.15, 0.2) is 54.2 Å². The van der Waals surface area contributed by atoms with E-state index in [1.165, 1.54) is 6.92 Å². The molecule has 0 unspecified atom stereocenters. The highest BCUT2D eigenvalue weighted by Gasteiger charge is 2.10. The second-order valence-corrected chi connectivity index (χ2v) is 8.43. The van der Waals surface area contributed by atoms with E-state index in [9.17, 15) is 4.79 Å². The third-order valence-corrected chi connectivity index (χ3v) is 5.78. The number of nitrogens with zero attached hydrogens (tertiary/aromatic N) is 6. The topological polar surface area (TPSA) is 109 Å². The van der Waals surface area contributed by atoms with Crippen molar-refractivity contribution in [3.63, 3.8) is 0 Å². The lowest BCUT2D eigenvalue weighted by Crippen LogP contribution is -2.24. The molecule has 0 saturated heterocycles. The number of thiazole rings is 1. The van der Waals surface area contributed by atoms with Gasteiger partial charge in [-0.2, -0.15) is 5.10 Å². The molecule has 0 aliphatic carbocycles. The van der Waals surface area contributed by atoms with Crippen molar-refractivity contribution in [2.75, 3.05) is 18.9 Å². The molecule has 1 aromatic carbocycles. The van der Waals surface area contributed by atoms with Crippen LogP contribution >= 0.6 is 11.3 Å². The fraction of sp³-hybridized carbons (Fsp3) is 0.240. The number of aromatic nitrogens is 5. The summed E-state index contributed by atoms with van der Waals surface area (Å²) in [6.07, 6.45) is 5.93. The molecule has 0 spiro atoms. The largest absolute Gasteiger partial charge is 0.462 e. The van der Waals surface area contributed by atoms with Crippen LogP contribution in [0.4, 0.5) is 11.6 Å². The molecule has 0 bridgehead atoms. The van der Waals surface area contributed by atoms with Crippen molar-refractivity contribution < 1.29 is 9.90 Å². The number of hydrogen-bond acceptors (Lipinski definition) is 8. The van der Waals surface area contributed by atoms with Gasteiger partial charge in [0.2, 0.25) is 11.9 Å². The SMILES string of the molecule is CC(=O)N(C)CCC#CO.Cc1nn(C)cc1Nc1nccc(-c2csc(-c3ccccc3)n2)n1. The number of amides is 1. The zero-order valence-corrected chi connectivity index (χ0v) is 20.9. The first kappa shape index (κ1) is 25.4. The highest BCUT2D eigenvalue weighted by molar-refractivity contribution is 7.13. The van der Waals surface area contributed by atoms with Gasteiger partial charge >= 0.3 is 0 Å². The number of carbonyl (C=O) groups is 1. The number of aliphatic hydroxyl groups excluding tert-OH is 1. The second kappa shape index (κ2) is 12.3. The number of anilines is 2. The molecule has 0 saturated carbocycles. The third-order valence-electron chi connectivity index (χ3n) is 4.89. The minimum atomic E-state index is 0.0136. The predicted molar refractivity (Wildman–Crippen MR) is 137 cm³/mol. The van der Waals surface area contributed by atoms with Gasteiger partial charge < -0.3 is 15.3 Å². The van der Waals surface area contributed by atoms with Gasteiger partial charge in [-0.05, 0) is 13.0 Å². The smallest absolute Gasteiger partial charge is 0.227 e. The molecule has 4 aromatic rings. The Morgan fingerprint density at radius 3 is 2.63 bits per heavy atom. The van der Waals surface area contributed by atoms with E-state index in [0.29, 0.717) is 18.9 Å². The van der Waals surface area contributed by atoms with Crippen LogP contribution in [-0.4, -0.2) is 54.2 Å². The van der Waals surface area contributed by atoms with E-state index in [0.717, 1.165) is 33.3 Å². The van der Waals surface area contributed by atoms with Crippen molar-refractivity contribution >= 4 is 28.9 Å². The second-order valence-electron chi connectivity index (χ2n) is 7.58. The molecule has 35 heavy (non-hydrogen) atoms. The molecule has 0 fully saturated rings. The maximum absolute atomic E-state index is 10.6. The highest BCUT2D eigenvalue weighted by atomic mass is 32.1. The molecule has 10 heteroatoms. The standard InChI is InChI=1S/C18H16N6S.C7H11NO2/c1-12-15(10-24(2)23-12)22-18-19-9-8-14(21-18)16-11-25-17(20-16)13-6-4-3-5-7-13;1-7(10)8(2)5-3-4-6-9/h3-11H,1-2H3,(H,19,21,22);9H,3,5H2,1-2H3. The molecule has 0 aliphatic rings. The molecular formula is C25H27N7O2S. The maximum atomic E-state index is 10.6. The first-order valence-corrected chi connectivity index (χ1v) is 11.7. The molecule has 2 N–H and O–H groups in total. The normalized spacial score (nSPS) is 9.94. The van der Waals surface area contributed by atoms with E-state index in [1.807, 2.05) is 49.8 Å². The van der Waals surface area contributed by atoms with E-state index < -0.39 is 0 Å². The Morgan fingerprint density at radius 1 is 1.20 bits per heavy atom. The summed E-state index contributed by atoms with van der Waals surface area (Å²) in [5.74, 6) is 2.99. The Bertz CT molecular complexity index is 1320. The highest BCUT2D eigenvalue weighted by Crippen LogP contribution is 2.28. The lowest BCUT2D eigenvalue weighted by atomic mass is 10.2. The van der Waals surface area contributed by atoms with Gasteiger partial charge in [-0.1, -0.05) is 36.3 Å². The van der Waals surface area contributed by atoms with Crippen LogP contribution in [-0.2, 0) is 11.8 Å². The number of nitrogens with one attached hydrogen (secondary N) is 1. The summed E-state index contributed by atoms with van der Waals surface area (Å²) in [4.78, 5) is 25.7. The minimum absolute atomic E-state index is 0.0136. The van der Waals surface area contributed by atoms with E-state index >= 15 is 0 Å². The quantitative estimate of drug-likeness (QED) is 0.390. The average Bonchev–Trinajstić information content (AvgIpc) is 3.47. The van der Waals surface area contributed by atoms with Gasteiger partial charge in [-0.3, -0.25) is 9.48 Å². The van der Waals surface area contributed by atoms with Gasteiger partial charge in [-0.15, -0.1) is 11.3 Å². The first-order chi connectivity index (χ1) is 16.9. The molecule has 9 nitrogen and oxygen atoms in total. The summed E-state index contributed by atoms with van der Waals surface area (Å²) in [6, 6.07) is 12.0. The van der Waals surface area contributed by atoms with Gasteiger partial charge in [0.1, 0.15) is 16.8 Å². The van der Waals surface area contributed by atoms with Crippen LogP contribution in [0.5, 0.6) is 0 Å². The lowest BCUT2D eigenvalue weighted by Gasteiger charge is -2.11. The van der Waals surface area contributed by atoms with Crippen molar-refractivity contribution in [3.8, 4) is 34.0 Å². The van der Waals surface area contributed by atoms with E-state index in [2.05, 4.69) is 38.4 Å². The summed E-state index contributed by atoms with van der Waals surface area (Å²) in [6.45, 7) is 4.01. The zero-order valence-electron chi connectivity index (χ0n) is 20.1. The Labute approximate surface area is 208 Å². The molecule has 3 aromatic heterocycles. The Kier molecular flexibility index (Phi) is 8.92. The number of benzene rings is 1. The molecule has 0 atom stereocenters. The first-order valence-electron chi connectivity index (χ1n) is 10.8. The van der Waals surface area contributed by atoms with Crippen molar-refractivity contribution in [1.29, 1.82) is 0 Å². The van der Waals surface area contributed by atoms with Gasteiger partial charge in [0.15, 0.2) is 0 Å². The van der Waals surface area contributed by atoms with Crippen LogP contribution in [0, 0.1) is 19.0 Å². The van der Waals surface area contributed by atoms with Crippen LogP contribution in [0.1, 0.15) is 19.0 Å². The van der Waals surface area contributed by atoms with Crippen LogP contribution < -0.4 is 5.32 Å². The lowest BCUT2D eigenvalue weighted by molar-refractivity contribution is -0.127. The monoisotopic (exact) mass is 489 g/mol. The minimum Gasteiger partial charge on any atom is -0.462 e. The molecule has 0 radical (unpaired) electrons. The number of hydrogen-bond donors (Lipinski definition) is 2. The number of aliphatic hydroxyl groups is 1. The van der Waals surface area contributed by atoms with E-state index in [-0.39, 0.29) is 5.91 Å². The summed E-state index contributed by atoms with van der Waals surface area (Å²) >= 11 is 1.61. The molecule has 1 amide bonds. The molecule has 4 rings (SSSR count). The van der Waals surface area contributed by atoms with Crippen molar-refractivity contribution in [2.45, 2.75) is 20.3 Å². The molecule has 180 valence electrons. The maximum Gasteiger partial charge on any atom is 0.227 e. The van der Waals surface area contributed by atoms with E-state index in [4.69, 9.17) is 10.1 Å². The average molecular weight is 490 g/mol. The van der Waals surface area contributed by atoms with Gasteiger partial charge in [0.05, 0.1) is 17.1 Å². The summed E-state index contributed by atoms with van der Waals surface area (Å²) in [7, 11) is 3.58. The van der Waals surface area contributed by atoms with Gasteiger partial charge in [0.25, 0.3) is 0 Å². The van der Waals surface area contributed by atoms with Gasteiger partial charge in [-0.25, -0.2) is 15.0 Å². The number of carbonyl (C=O) groups excluding carboxylic acids is 1. The third kappa shape index (κ3) is 7.38. The van der Waals surface area contributed by atoms with Crippen molar-refractivity contribution in [2.24, 2.45) is 7.05 Å². The Hall–Kier alpha value is -4.23. The molecule has 3 heterocycles. The molecule has 0 aliphatic heterocycles. The molecular weight excluding hydrogens is 462 g/mol. The van der Waals surface area contributed by atoms with E-state index in [1.54, 1.807) is 40.3 Å². The van der Waals surface area contributed by atoms with Gasteiger partial charge in [0, 0.05) is 57.3 Å². The zero-order chi connectivity index (χ0) is 25.2. The van der Waals surface area contributed by atoms with Crippen LogP contribution in [0.2, 0.25) is 0 Å². The Balaban J connectivity index is 0.000000292. The van der Waals surface area contributed by atoms with Crippen molar-refractivity contribution in [1.82, 2.24) is 29.6 Å². The Morgan fingerprint density at radius 2 is 1.97 bits per heavy atom. The number of aryl methyl sites for hydroxylation is 2. The van der Waals surface area contributed by atoms with Crippen molar-refractivity contribution in [3.05, 3.63) is 59.9 Å². The fourth-order valence-electron chi connectivity index (χ4n) is 2.95. The summed E-state index contributed by atoms with van der Waals surface area (Å²) in [5, 5.41) is 18.6. The van der Waals surface area contributed by atoms with Crippen LogP contribution in [0.25, 0.3) is 22.0 Å². The predicted octanol–water partition coefficient (Wildman–Crippen LogP) is 4.24. The summed E-state index contributed by atoms with van der Waals surface area (Å²) < 4.78 is 1.76. The number of rotatable bonds is 6. The fourth-order valence-corrected chi connectivity index (χ4v) is 3.77. The van der Waals surface area contributed by atoms with Crippen LogP contribution in [0.3, 0.4) is 0 Å².